The van der Waals surface area contributed by atoms with Gasteiger partial charge in [-0.2, -0.15) is 0 Å². The molecule has 0 spiro atoms. The molecule has 5 nitrogen and oxygen atoms in total. The lowest BCUT2D eigenvalue weighted by atomic mass is 9.97. The van der Waals surface area contributed by atoms with Gasteiger partial charge in [0, 0.05) is 44.2 Å². The third-order valence-electron chi connectivity index (χ3n) is 3.71. The van der Waals surface area contributed by atoms with Gasteiger partial charge in [-0.3, -0.25) is 9.59 Å². The van der Waals surface area contributed by atoms with Crippen LogP contribution in [0.2, 0.25) is 0 Å². The Kier molecular flexibility index (Phi) is 2.89. The van der Waals surface area contributed by atoms with Crippen LogP contribution in [0, 0.1) is 0 Å². The van der Waals surface area contributed by atoms with Crippen molar-refractivity contribution in [3.05, 3.63) is 47.5 Å². The van der Waals surface area contributed by atoms with Gasteiger partial charge in [-0.05, 0) is 30.2 Å². The molecule has 0 unspecified atom stereocenters. The average Bonchev–Trinajstić information content (AvgIpc) is 2.88. The standard InChI is InChI=1S/C15H15N3O2/c1-17-8-7-16-15(17)14(20)11-3-5-12-10(9-11)4-6-13(19)18(12)2/h3,5,7-9H,4,6H2,1-2H3. The highest BCUT2D eigenvalue weighted by molar-refractivity contribution is 6.07. The molecule has 0 atom stereocenters. The van der Waals surface area contributed by atoms with Crippen molar-refractivity contribution in [2.45, 2.75) is 12.8 Å². The Balaban J connectivity index is 1.99. The SMILES string of the molecule is CN1C(=O)CCc2cc(C(=O)c3nccn3C)ccc21. The summed E-state index contributed by atoms with van der Waals surface area (Å²) in [6.07, 6.45) is 4.53. The largest absolute Gasteiger partial charge is 0.331 e. The number of benzene rings is 1. The van der Waals surface area contributed by atoms with Gasteiger partial charge >= 0.3 is 0 Å². The van der Waals surface area contributed by atoms with E-state index in [0.717, 1.165) is 11.3 Å². The number of aryl methyl sites for hydroxylation is 2. The molecular formula is C15H15N3O2. The van der Waals surface area contributed by atoms with E-state index in [1.165, 1.54) is 0 Å². The van der Waals surface area contributed by atoms with Gasteiger partial charge in [0.2, 0.25) is 11.7 Å². The van der Waals surface area contributed by atoms with Crippen LogP contribution in [-0.2, 0) is 18.3 Å². The summed E-state index contributed by atoms with van der Waals surface area (Å²) in [5.41, 5.74) is 2.53. The molecule has 0 radical (unpaired) electrons. The van der Waals surface area contributed by atoms with E-state index < -0.39 is 0 Å². The number of hydrogen-bond acceptors (Lipinski definition) is 3. The van der Waals surface area contributed by atoms with Gasteiger partial charge in [-0.1, -0.05) is 0 Å². The Labute approximate surface area is 116 Å². The van der Waals surface area contributed by atoms with E-state index in [1.807, 2.05) is 12.1 Å². The Morgan fingerprint density at radius 2 is 2.05 bits per heavy atom. The van der Waals surface area contributed by atoms with Crippen molar-refractivity contribution >= 4 is 17.4 Å². The van der Waals surface area contributed by atoms with Crippen LogP contribution in [-0.4, -0.2) is 28.3 Å². The Morgan fingerprint density at radius 1 is 1.25 bits per heavy atom. The molecule has 3 rings (SSSR count). The zero-order chi connectivity index (χ0) is 14.3. The first-order valence-corrected chi connectivity index (χ1v) is 6.49. The number of rotatable bonds is 2. The second-order valence-corrected chi connectivity index (χ2v) is 4.99. The molecule has 1 aliphatic rings. The summed E-state index contributed by atoms with van der Waals surface area (Å²) in [5, 5.41) is 0. The average molecular weight is 269 g/mol. The molecule has 5 heteroatoms. The van der Waals surface area contributed by atoms with Crippen LogP contribution in [0.25, 0.3) is 0 Å². The molecule has 1 aromatic heterocycles. The number of carbonyl (C=O) groups excluding carboxylic acids is 2. The quantitative estimate of drug-likeness (QED) is 0.777. The molecule has 20 heavy (non-hydrogen) atoms. The van der Waals surface area contributed by atoms with Gasteiger partial charge in [-0.25, -0.2) is 4.98 Å². The monoisotopic (exact) mass is 269 g/mol. The first-order valence-electron chi connectivity index (χ1n) is 6.49. The van der Waals surface area contributed by atoms with Gasteiger partial charge in [-0.15, -0.1) is 0 Å². The van der Waals surface area contributed by atoms with Gasteiger partial charge in [0.1, 0.15) is 0 Å². The van der Waals surface area contributed by atoms with Crippen LogP contribution in [0.3, 0.4) is 0 Å². The fourth-order valence-electron chi connectivity index (χ4n) is 2.51. The molecule has 1 aromatic carbocycles. The Bertz CT molecular complexity index is 703. The molecule has 0 saturated heterocycles. The van der Waals surface area contributed by atoms with Crippen LogP contribution in [0.4, 0.5) is 5.69 Å². The number of aromatic nitrogens is 2. The van der Waals surface area contributed by atoms with E-state index in [0.29, 0.717) is 24.2 Å². The van der Waals surface area contributed by atoms with Crippen LogP contribution in [0.1, 0.15) is 28.2 Å². The minimum Gasteiger partial charge on any atom is -0.331 e. The van der Waals surface area contributed by atoms with E-state index in [2.05, 4.69) is 4.98 Å². The molecule has 1 amide bonds. The minimum absolute atomic E-state index is 0.0974. The lowest BCUT2D eigenvalue weighted by Gasteiger charge is -2.25. The molecule has 1 aliphatic heterocycles. The fraction of sp³-hybridized carbons (Fsp3) is 0.267. The second kappa shape index (κ2) is 4.59. The van der Waals surface area contributed by atoms with Gasteiger partial charge in [0.15, 0.2) is 5.82 Å². The highest BCUT2D eigenvalue weighted by Gasteiger charge is 2.22. The number of nitrogens with zero attached hydrogens (tertiary/aromatic N) is 3. The summed E-state index contributed by atoms with van der Waals surface area (Å²) in [6, 6.07) is 5.46. The van der Waals surface area contributed by atoms with Gasteiger partial charge in [0.05, 0.1) is 0 Å². The van der Waals surface area contributed by atoms with E-state index in [1.54, 1.807) is 42.0 Å². The third kappa shape index (κ3) is 1.91. The van der Waals surface area contributed by atoms with Crippen LogP contribution in [0.15, 0.2) is 30.6 Å². The lowest BCUT2D eigenvalue weighted by molar-refractivity contribution is -0.118. The van der Waals surface area contributed by atoms with Crippen molar-refractivity contribution in [2.75, 3.05) is 11.9 Å². The van der Waals surface area contributed by atoms with Crippen LogP contribution < -0.4 is 4.90 Å². The van der Waals surface area contributed by atoms with Crippen LogP contribution in [0.5, 0.6) is 0 Å². The molecule has 0 saturated carbocycles. The van der Waals surface area contributed by atoms with Crippen molar-refractivity contribution in [1.82, 2.24) is 9.55 Å². The van der Waals surface area contributed by atoms with Crippen LogP contribution >= 0.6 is 0 Å². The van der Waals surface area contributed by atoms with E-state index >= 15 is 0 Å². The lowest BCUT2D eigenvalue weighted by Crippen LogP contribution is -2.31. The first kappa shape index (κ1) is 12.6. The number of fused-ring (bicyclic) bond motifs is 1. The van der Waals surface area contributed by atoms with Crippen molar-refractivity contribution in [3.8, 4) is 0 Å². The highest BCUT2D eigenvalue weighted by atomic mass is 16.2. The first-order chi connectivity index (χ1) is 9.58. The molecule has 2 heterocycles. The summed E-state index contributed by atoms with van der Waals surface area (Å²) in [6.45, 7) is 0. The Morgan fingerprint density at radius 3 is 2.75 bits per heavy atom. The van der Waals surface area contributed by atoms with Gasteiger partial charge in [0.25, 0.3) is 0 Å². The second-order valence-electron chi connectivity index (χ2n) is 4.99. The number of amides is 1. The van der Waals surface area contributed by atoms with E-state index in [-0.39, 0.29) is 11.7 Å². The zero-order valence-electron chi connectivity index (χ0n) is 11.5. The molecule has 0 N–H and O–H groups in total. The van der Waals surface area contributed by atoms with Crippen molar-refractivity contribution in [2.24, 2.45) is 7.05 Å². The number of anilines is 1. The minimum atomic E-state index is -0.0974. The fourth-order valence-corrected chi connectivity index (χ4v) is 2.51. The summed E-state index contributed by atoms with van der Waals surface area (Å²) in [4.78, 5) is 29.8. The summed E-state index contributed by atoms with van der Waals surface area (Å²) >= 11 is 0. The summed E-state index contributed by atoms with van der Waals surface area (Å²) < 4.78 is 1.71. The number of hydrogen-bond donors (Lipinski definition) is 0. The van der Waals surface area contributed by atoms with Crippen molar-refractivity contribution in [3.63, 3.8) is 0 Å². The van der Waals surface area contributed by atoms with Crippen molar-refractivity contribution in [1.29, 1.82) is 0 Å². The smallest absolute Gasteiger partial charge is 0.228 e. The molecule has 102 valence electrons. The van der Waals surface area contributed by atoms with E-state index in [9.17, 15) is 9.59 Å². The maximum Gasteiger partial charge on any atom is 0.228 e. The number of carbonyl (C=O) groups is 2. The zero-order valence-corrected chi connectivity index (χ0v) is 11.5. The third-order valence-corrected chi connectivity index (χ3v) is 3.71. The van der Waals surface area contributed by atoms with E-state index in [4.69, 9.17) is 0 Å². The number of ketones is 1. The maximum atomic E-state index is 12.4. The topological polar surface area (TPSA) is 55.2 Å². The maximum absolute atomic E-state index is 12.4. The normalized spacial score (nSPS) is 14.3. The highest BCUT2D eigenvalue weighted by Crippen LogP contribution is 2.28. The molecular weight excluding hydrogens is 254 g/mol. The molecule has 0 fully saturated rings. The number of imidazole rings is 1. The summed E-state index contributed by atoms with van der Waals surface area (Å²) in [7, 11) is 3.56. The van der Waals surface area contributed by atoms with Crippen molar-refractivity contribution < 1.29 is 9.59 Å². The molecule has 0 aliphatic carbocycles. The predicted octanol–water partition coefficient (Wildman–Crippen LogP) is 1.56. The van der Waals surface area contributed by atoms with Gasteiger partial charge < -0.3 is 9.47 Å². The summed E-state index contributed by atoms with van der Waals surface area (Å²) in [5.74, 6) is 0.436. The predicted molar refractivity (Wildman–Crippen MR) is 74.8 cm³/mol. The molecule has 0 bridgehead atoms. The molecule has 2 aromatic rings. The Hall–Kier alpha value is -2.43.